The standard InChI is InChI=1S/C23H18N4O2S/c1-29-18-8-6-7-17(13-18)27-22(28)19-9-2-3-10-20(19)25-23(27)30-15-16-14-26-12-5-4-11-21(26)24-16/h2-14H,15H2,1H3. The molecule has 0 atom stereocenters. The van der Waals surface area contributed by atoms with Gasteiger partial charge in [-0.25, -0.2) is 9.97 Å². The van der Waals surface area contributed by atoms with Gasteiger partial charge in [0.2, 0.25) is 0 Å². The van der Waals surface area contributed by atoms with Crippen molar-refractivity contribution in [3.8, 4) is 11.4 Å². The van der Waals surface area contributed by atoms with Gasteiger partial charge >= 0.3 is 0 Å². The highest BCUT2D eigenvalue weighted by Gasteiger charge is 2.14. The second-order valence-electron chi connectivity index (χ2n) is 6.74. The lowest BCUT2D eigenvalue weighted by Crippen LogP contribution is -2.21. The third-order valence-corrected chi connectivity index (χ3v) is 5.79. The number of hydrogen-bond donors (Lipinski definition) is 0. The number of imidazole rings is 1. The molecule has 0 amide bonds. The van der Waals surface area contributed by atoms with Crippen molar-refractivity contribution >= 4 is 28.3 Å². The number of nitrogens with zero attached hydrogens (tertiary/aromatic N) is 4. The summed E-state index contributed by atoms with van der Waals surface area (Å²) < 4.78 is 8.98. The van der Waals surface area contributed by atoms with E-state index in [1.807, 2.05) is 77.5 Å². The largest absolute Gasteiger partial charge is 0.497 e. The van der Waals surface area contributed by atoms with Crippen LogP contribution < -0.4 is 10.3 Å². The minimum absolute atomic E-state index is 0.105. The molecule has 0 saturated carbocycles. The van der Waals surface area contributed by atoms with Crippen LogP contribution in [0.5, 0.6) is 5.75 Å². The maximum absolute atomic E-state index is 13.4. The average molecular weight is 414 g/mol. The normalized spacial score (nSPS) is 11.2. The molecule has 0 aliphatic rings. The number of benzene rings is 2. The zero-order valence-electron chi connectivity index (χ0n) is 16.2. The van der Waals surface area contributed by atoms with Gasteiger partial charge in [0, 0.05) is 24.2 Å². The predicted molar refractivity (Wildman–Crippen MR) is 119 cm³/mol. The van der Waals surface area contributed by atoms with Crippen LogP contribution in [0.3, 0.4) is 0 Å². The molecule has 5 rings (SSSR count). The van der Waals surface area contributed by atoms with Crippen LogP contribution in [-0.2, 0) is 5.75 Å². The molecule has 0 saturated heterocycles. The lowest BCUT2D eigenvalue weighted by Gasteiger charge is -2.13. The van der Waals surface area contributed by atoms with E-state index in [0.29, 0.717) is 27.6 Å². The summed E-state index contributed by atoms with van der Waals surface area (Å²) in [5.74, 6) is 1.28. The molecule has 3 aromatic heterocycles. The fourth-order valence-corrected chi connectivity index (χ4v) is 4.28. The number of ether oxygens (including phenoxy) is 1. The first-order valence-electron chi connectivity index (χ1n) is 9.44. The van der Waals surface area contributed by atoms with Gasteiger partial charge in [-0.3, -0.25) is 9.36 Å². The first-order valence-corrected chi connectivity index (χ1v) is 10.4. The molecular formula is C23H18N4O2S. The lowest BCUT2D eigenvalue weighted by molar-refractivity contribution is 0.414. The van der Waals surface area contributed by atoms with Crippen LogP contribution in [0.1, 0.15) is 5.69 Å². The molecule has 0 unspecified atom stereocenters. The van der Waals surface area contributed by atoms with Gasteiger partial charge in [0.25, 0.3) is 5.56 Å². The molecule has 0 fully saturated rings. The summed E-state index contributed by atoms with van der Waals surface area (Å²) in [4.78, 5) is 22.8. The van der Waals surface area contributed by atoms with Crippen molar-refractivity contribution in [2.45, 2.75) is 10.9 Å². The number of para-hydroxylation sites is 1. The molecule has 0 N–H and O–H groups in total. The summed E-state index contributed by atoms with van der Waals surface area (Å²) in [5, 5.41) is 1.20. The van der Waals surface area contributed by atoms with E-state index in [-0.39, 0.29) is 5.56 Å². The van der Waals surface area contributed by atoms with Crippen molar-refractivity contribution < 1.29 is 4.74 Å². The second-order valence-corrected chi connectivity index (χ2v) is 7.68. The fourth-order valence-electron chi connectivity index (χ4n) is 3.38. The third-order valence-electron chi connectivity index (χ3n) is 4.82. The minimum atomic E-state index is -0.105. The van der Waals surface area contributed by atoms with Crippen LogP contribution in [0.25, 0.3) is 22.2 Å². The summed E-state index contributed by atoms with van der Waals surface area (Å²) in [6.07, 6.45) is 3.97. The van der Waals surface area contributed by atoms with Gasteiger partial charge in [0.1, 0.15) is 11.4 Å². The van der Waals surface area contributed by atoms with Crippen LogP contribution >= 0.6 is 11.8 Å². The van der Waals surface area contributed by atoms with Gasteiger partial charge in [-0.2, -0.15) is 0 Å². The van der Waals surface area contributed by atoms with Gasteiger partial charge in [-0.05, 0) is 36.4 Å². The van der Waals surface area contributed by atoms with E-state index in [2.05, 4.69) is 4.98 Å². The van der Waals surface area contributed by atoms with Crippen LogP contribution in [0.2, 0.25) is 0 Å². The van der Waals surface area contributed by atoms with Crippen molar-refractivity contribution in [3.63, 3.8) is 0 Å². The molecule has 5 aromatic rings. The summed E-state index contributed by atoms with van der Waals surface area (Å²) in [5.41, 5.74) is 3.11. The average Bonchev–Trinajstić information content (AvgIpc) is 3.21. The summed E-state index contributed by atoms with van der Waals surface area (Å²) in [6.45, 7) is 0. The van der Waals surface area contributed by atoms with E-state index >= 15 is 0 Å². The van der Waals surface area contributed by atoms with Gasteiger partial charge in [-0.1, -0.05) is 36.0 Å². The van der Waals surface area contributed by atoms with Crippen molar-refractivity contribution in [1.82, 2.24) is 18.9 Å². The molecule has 0 radical (unpaired) electrons. The van der Waals surface area contributed by atoms with Crippen molar-refractivity contribution in [1.29, 1.82) is 0 Å². The van der Waals surface area contributed by atoms with Crippen molar-refractivity contribution in [2.24, 2.45) is 0 Å². The van der Waals surface area contributed by atoms with Gasteiger partial charge < -0.3 is 9.14 Å². The highest BCUT2D eigenvalue weighted by molar-refractivity contribution is 7.98. The highest BCUT2D eigenvalue weighted by Crippen LogP contribution is 2.26. The monoisotopic (exact) mass is 414 g/mol. The van der Waals surface area contributed by atoms with E-state index in [4.69, 9.17) is 9.72 Å². The highest BCUT2D eigenvalue weighted by atomic mass is 32.2. The van der Waals surface area contributed by atoms with Gasteiger partial charge in [-0.15, -0.1) is 0 Å². The van der Waals surface area contributed by atoms with Crippen molar-refractivity contribution in [3.05, 3.63) is 95.2 Å². The Morgan fingerprint density at radius 2 is 1.87 bits per heavy atom. The van der Waals surface area contributed by atoms with E-state index in [1.54, 1.807) is 17.7 Å². The van der Waals surface area contributed by atoms with E-state index in [9.17, 15) is 4.79 Å². The Bertz CT molecular complexity index is 1390. The maximum atomic E-state index is 13.4. The molecular weight excluding hydrogens is 396 g/mol. The SMILES string of the molecule is COc1cccc(-n2c(SCc3cn4ccccc4n3)nc3ccccc3c2=O)c1. The molecule has 0 aliphatic heterocycles. The summed E-state index contributed by atoms with van der Waals surface area (Å²) in [7, 11) is 1.61. The molecule has 0 bridgehead atoms. The molecule has 6 nitrogen and oxygen atoms in total. The fraction of sp³-hybridized carbons (Fsp3) is 0.0870. The Hall–Kier alpha value is -3.58. The van der Waals surface area contributed by atoms with E-state index in [0.717, 1.165) is 17.0 Å². The van der Waals surface area contributed by atoms with Crippen LogP contribution in [0.15, 0.2) is 89.1 Å². The molecule has 148 valence electrons. The molecule has 0 spiro atoms. The Morgan fingerprint density at radius 1 is 1.00 bits per heavy atom. The van der Waals surface area contributed by atoms with Gasteiger partial charge in [0.05, 0.1) is 29.4 Å². The minimum Gasteiger partial charge on any atom is -0.497 e. The molecule has 3 heterocycles. The Balaban J connectivity index is 1.61. The predicted octanol–water partition coefficient (Wildman–Crippen LogP) is 4.33. The number of aromatic nitrogens is 4. The quantitative estimate of drug-likeness (QED) is 0.316. The Kier molecular flexibility index (Phi) is 4.72. The topological polar surface area (TPSA) is 61.4 Å². The van der Waals surface area contributed by atoms with E-state index < -0.39 is 0 Å². The summed E-state index contributed by atoms with van der Waals surface area (Å²) in [6, 6.07) is 20.8. The zero-order valence-corrected chi connectivity index (χ0v) is 17.0. The molecule has 30 heavy (non-hydrogen) atoms. The number of hydrogen-bond acceptors (Lipinski definition) is 5. The molecule has 0 aliphatic carbocycles. The summed E-state index contributed by atoms with van der Waals surface area (Å²) >= 11 is 1.49. The zero-order chi connectivity index (χ0) is 20.5. The van der Waals surface area contributed by atoms with Crippen LogP contribution in [0.4, 0.5) is 0 Å². The number of thioether (sulfide) groups is 1. The molecule has 2 aromatic carbocycles. The van der Waals surface area contributed by atoms with Crippen LogP contribution in [-0.4, -0.2) is 26.0 Å². The number of pyridine rings is 1. The van der Waals surface area contributed by atoms with Gasteiger partial charge in [0.15, 0.2) is 5.16 Å². The second kappa shape index (κ2) is 7.68. The first-order chi connectivity index (χ1) is 14.7. The smallest absolute Gasteiger partial charge is 0.266 e. The Morgan fingerprint density at radius 3 is 2.73 bits per heavy atom. The lowest BCUT2D eigenvalue weighted by atomic mass is 10.2. The number of methoxy groups -OCH3 is 1. The number of rotatable bonds is 5. The van der Waals surface area contributed by atoms with E-state index in [1.165, 1.54) is 11.8 Å². The Labute approximate surface area is 176 Å². The van der Waals surface area contributed by atoms with Crippen molar-refractivity contribution in [2.75, 3.05) is 7.11 Å². The third kappa shape index (κ3) is 3.33. The first kappa shape index (κ1) is 18.4. The number of fused-ring (bicyclic) bond motifs is 2. The molecule has 7 heteroatoms. The van der Waals surface area contributed by atoms with Crippen LogP contribution in [0, 0.1) is 0 Å². The maximum Gasteiger partial charge on any atom is 0.266 e.